The van der Waals surface area contributed by atoms with Crippen LogP contribution in [0, 0.1) is 13.8 Å². The summed E-state index contributed by atoms with van der Waals surface area (Å²) in [4.78, 5) is 12.1. The van der Waals surface area contributed by atoms with Gasteiger partial charge in [-0.1, -0.05) is 37.9 Å². The maximum absolute atomic E-state index is 12.1. The Morgan fingerprint density at radius 3 is 2.29 bits per heavy atom. The minimum atomic E-state index is -0.268. The molecule has 1 N–H and O–H groups in total. The molecule has 0 aliphatic carbocycles. The minimum Gasteiger partial charge on any atom is -0.345 e. The van der Waals surface area contributed by atoms with Crippen molar-refractivity contribution in [2.75, 3.05) is 10.7 Å². The average molecular weight is 363 g/mol. The van der Waals surface area contributed by atoms with E-state index >= 15 is 0 Å². The van der Waals surface area contributed by atoms with E-state index in [9.17, 15) is 4.79 Å². The van der Waals surface area contributed by atoms with E-state index in [1.54, 1.807) is 0 Å². The van der Waals surface area contributed by atoms with E-state index in [0.717, 1.165) is 5.56 Å². The second kappa shape index (κ2) is 6.01. The number of amides is 1. The van der Waals surface area contributed by atoms with Crippen LogP contribution in [0.3, 0.4) is 0 Å². The average Bonchev–Trinajstić information content (AvgIpc) is 2.32. The van der Waals surface area contributed by atoms with Gasteiger partial charge in [0.15, 0.2) is 0 Å². The lowest BCUT2D eigenvalue weighted by Gasteiger charge is -2.26. The molecule has 0 spiro atoms. The van der Waals surface area contributed by atoms with Crippen molar-refractivity contribution in [2.24, 2.45) is 0 Å². The lowest BCUT2D eigenvalue weighted by atomic mass is 10.0. The van der Waals surface area contributed by atoms with Crippen LogP contribution >= 0.6 is 31.9 Å². The predicted molar refractivity (Wildman–Crippen MR) is 79.4 cm³/mol. The summed E-state index contributed by atoms with van der Waals surface area (Å²) >= 11 is 6.83. The van der Waals surface area contributed by atoms with Gasteiger partial charge in [-0.2, -0.15) is 0 Å². The highest BCUT2D eigenvalue weighted by Gasteiger charge is 2.24. The predicted octanol–water partition coefficient (Wildman–Crippen LogP) is 3.58. The van der Waals surface area contributed by atoms with Gasteiger partial charge in [0.25, 0.3) is 5.91 Å². The molecule has 0 saturated heterocycles. The molecule has 0 saturated carbocycles. The van der Waals surface area contributed by atoms with E-state index in [-0.39, 0.29) is 11.4 Å². The molecule has 0 unspecified atom stereocenters. The van der Waals surface area contributed by atoms with Gasteiger partial charge < -0.3 is 5.32 Å². The highest BCUT2D eigenvalue weighted by molar-refractivity contribution is 9.09. The van der Waals surface area contributed by atoms with Crippen LogP contribution in [-0.2, 0) is 0 Å². The molecule has 1 amide bonds. The fraction of sp³-hybridized carbons (Fsp3) is 0.462. The molecule has 1 aromatic carbocycles. The number of nitrogens with one attached hydrogen (secondary N) is 1. The topological polar surface area (TPSA) is 29.1 Å². The maximum atomic E-state index is 12.1. The van der Waals surface area contributed by atoms with E-state index in [0.29, 0.717) is 16.2 Å². The van der Waals surface area contributed by atoms with Gasteiger partial charge in [-0.25, -0.2) is 0 Å². The summed E-state index contributed by atoms with van der Waals surface area (Å²) in [5.41, 5.74) is 2.78. The van der Waals surface area contributed by atoms with Crippen LogP contribution in [0.4, 0.5) is 0 Å². The molecule has 0 atom stereocenters. The number of alkyl halides is 2. The van der Waals surface area contributed by atoms with Crippen LogP contribution in [-0.4, -0.2) is 22.1 Å². The van der Waals surface area contributed by atoms with Gasteiger partial charge >= 0.3 is 0 Å². The van der Waals surface area contributed by atoms with Crippen LogP contribution in [0.1, 0.15) is 28.4 Å². The molecule has 1 rings (SSSR count). The molecule has 0 radical (unpaired) electrons. The van der Waals surface area contributed by atoms with Crippen molar-refractivity contribution in [2.45, 2.75) is 26.3 Å². The van der Waals surface area contributed by atoms with Gasteiger partial charge in [0, 0.05) is 16.2 Å². The SMILES string of the molecule is Cc1ccc(C(=O)NC(C)(CBr)CBr)cc1C. The van der Waals surface area contributed by atoms with Crippen LogP contribution in [0.15, 0.2) is 18.2 Å². The molecular formula is C13H17Br2NO. The number of carbonyl (C=O) groups is 1. The van der Waals surface area contributed by atoms with Gasteiger partial charge in [-0.05, 0) is 44.0 Å². The number of aryl methyl sites for hydroxylation is 2. The summed E-state index contributed by atoms with van der Waals surface area (Å²) < 4.78 is 0. The number of benzene rings is 1. The molecule has 0 fully saturated rings. The zero-order valence-electron chi connectivity index (χ0n) is 10.3. The Hall–Kier alpha value is -0.350. The Morgan fingerprint density at radius 1 is 1.24 bits per heavy atom. The number of hydrogen-bond acceptors (Lipinski definition) is 1. The third-order valence-corrected chi connectivity index (χ3v) is 5.25. The summed E-state index contributed by atoms with van der Waals surface area (Å²) in [6.07, 6.45) is 0. The highest BCUT2D eigenvalue weighted by Crippen LogP contribution is 2.14. The molecule has 17 heavy (non-hydrogen) atoms. The Morgan fingerprint density at radius 2 is 1.82 bits per heavy atom. The maximum Gasteiger partial charge on any atom is 0.251 e. The normalized spacial score (nSPS) is 11.4. The summed E-state index contributed by atoms with van der Waals surface area (Å²) in [5.74, 6) is -0.0329. The first-order valence-electron chi connectivity index (χ1n) is 5.43. The van der Waals surface area contributed by atoms with Crippen LogP contribution < -0.4 is 5.32 Å². The second-order valence-corrected chi connectivity index (χ2v) is 5.70. The third-order valence-electron chi connectivity index (χ3n) is 2.77. The standard InChI is InChI=1S/C13H17Br2NO/c1-9-4-5-11(6-10(9)2)12(17)16-13(3,7-14)8-15/h4-6H,7-8H2,1-3H3,(H,16,17). The van der Waals surface area contributed by atoms with Gasteiger partial charge in [0.2, 0.25) is 0 Å². The molecular weight excluding hydrogens is 346 g/mol. The first-order chi connectivity index (χ1) is 7.91. The van der Waals surface area contributed by atoms with Gasteiger partial charge in [-0.15, -0.1) is 0 Å². The molecule has 0 heterocycles. The largest absolute Gasteiger partial charge is 0.345 e. The van der Waals surface area contributed by atoms with E-state index in [4.69, 9.17) is 0 Å². The molecule has 0 aliphatic heterocycles. The summed E-state index contributed by atoms with van der Waals surface area (Å²) in [6, 6.07) is 5.76. The van der Waals surface area contributed by atoms with Gasteiger partial charge in [-0.3, -0.25) is 4.79 Å². The Kier molecular flexibility index (Phi) is 5.20. The number of halogens is 2. The number of carbonyl (C=O) groups excluding carboxylic acids is 1. The van der Waals surface area contributed by atoms with Gasteiger partial charge in [0.1, 0.15) is 0 Å². The molecule has 2 nitrogen and oxygen atoms in total. The fourth-order valence-electron chi connectivity index (χ4n) is 1.33. The molecule has 0 aromatic heterocycles. The second-order valence-electron chi connectivity index (χ2n) is 4.58. The summed E-state index contributed by atoms with van der Waals surface area (Å²) in [5, 5.41) is 4.44. The van der Waals surface area contributed by atoms with Crippen LogP contribution in [0.5, 0.6) is 0 Å². The van der Waals surface area contributed by atoms with Crippen molar-refractivity contribution < 1.29 is 4.79 Å². The Balaban J connectivity index is 2.86. The van der Waals surface area contributed by atoms with Gasteiger partial charge in [0.05, 0.1) is 5.54 Å². The van der Waals surface area contributed by atoms with Crippen molar-refractivity contribution in [3.8, 4) is 0 Å². The molecule has 0 aliphatic rings. The van der Waals surface area contributed by atoms with E-state index in [1.165, 1.54) is 5.56 Å². The number of hydrogen-bond donors (Lipinski definition) is 1. The monoisotopic (exact) mass is 361 g/mol. The smallest absolute Gasteiger partial charge is 0.251 e. The molecule has 4 heteroatoms. The highest BCUT2D eigenvalue weighted by atomic mass is 79.9. The summed E-state index contributed by atoms with van der Waals surface area (Å²) in [7, 11) is 0. The minimum absolute atomic E-state index is 0.0329. The van der Waals surface area contributed by atoms with Crippen molar-refractivity contribution in [1.29, 1.82) is 0 Å². The van der Waals surface area contributed by atoms with Crippen molar-refractivity contribution in [3.63, 3.8) is 0 Å². The first-order valence-corrected chi connectivity index (χ1v) is 7.68. The first kappa shape index (κ1) is 14.7. The van der Waals surface area contributed by atoms with Crippen molar-refractivity contribution in [1.82, 2.24) is 5.32 Å². The quantitative estimate of drug-likeness (QED) is 0.815. The fourth-order valence-corrected chi connectivity index (χ4v) is 2.54. The van der Waals surface area contributed by atoms with Crippen LogP contribution in [0.25, 0.3) is 0 Å². The zero-order valence-corrected chi connectivity index (χ0v) is 13.5. The molecule has 94 valence electrons. The Labute approximate surface area is 119 Å². The third kappa shape index (κ3) is 3.81. The summed E-state index contributed by atoms with van der Waals surface area (Å²) in [6.45, 7) is 6.05. The zero-order chi connectivity index (χ0) is 13.1. The number of rotatable bonds is 4. The van der Waals surface area contributed by atoms with Crippen molar-refractivity contribution >= 4 is 37.8 Å². The van der Waals surface area contributed by atoms with E-state index < -0.39 is 0 Å². The molecule has 0 bridgehead atoms. The van der Waals surface area contributed by atoms with Crippen LogP contribution in [0.2, 0.25) is 0 Å². The molecule has 1 aromatic rings. The van der Waals surface area contributed by atoms with Crippen molar-refractivity contribution in [3.05, 3.63) is 34.9 Å². The van der Waals surface area contributed by atoms with E-state index in [1.807, 2.05) is 39.0 Å². The lowest BCUT2D eigenvalue weighted by molar-refractivity contribution is 0.0923. The van der Waals surface area contributed by atoms with E-state index in [2.05, 4.69) is 37.2 Å². The Bertz CT molecular complexity index is 414. The lowest BCUT2D eigenvalue weighted by Crippen LogP contribution is -2.48.